The van der Waals surface area contributed by atoms with Gasteiger partial charge < -0.3 is 15.7 Å². The molecule has 18 heavy (non-hydrogen) atoms. The first kappa shape index (κ1) is 14.0. The maximum atomic E-state index is 13.2. The number of carboxylic acids is 1. The largest absolute Gasteiger partial charge is 0.480 e. The van der Waals surface area contributed by atoms with Gasteiger partial charge in [-0.1, -0.05) is 25.1 Å². The van der Waals surface area contributed by atoms with Crippen LogP contribution in [-0.4, -0.2) is 23.1 Å². The maximum absolute atomic E-state index is 13.2. The zero-order valence-electron chi connectivity index (χ0n) is 9.94. The van der Waals surface area contributed by atoms with Gasteiger partial charge in [0.05, 0.1) is 0 Å². The van der Waals surface area contributed by atoms with Crippen LogP contribution in [0, 0.1) is 5.82 Å². The molecule has 1 atom stereocenters. The first-order valence-corrected chi connectivity index (χ1v) is 5.55. The summed E-state index contributed by atoms with van der Waals surface area (Å²) in [4.78, 5) is 22.1. The molecule has 1 rings (SSSR count). The van der Waals surface area contributed by atoms with Crippen molar-refractivity contribution < 1.29 is 19.1 Å². The van der Waals surface area contributed by atoms with Crippen molar-refractivity contribution in [3.8, 4) is 0 Å². The van der Waals surface area contributed by atoms with E-state index in [0.717, 1.165) is 0 Å². The van der Waals surface area contributed by atoms with E-state index in [4.69, 9.17) is 5.11 Å². The number of urea groups is 1. The number of hydrogen-bond donors (Lipinski definition) is 3. The van der Waals surface area contributed by atoms with Crippen LogP contribution in [0.2, 0.25) is 0 Å². The van der Waals surface area contributed by atoms with Gasteiger partial charge in [-0.2, -0.15) is 0 Å². The van der Waals surface area contributed by atoms with Gasteiger partial charge in [0, 0.05) is 12.1 Å². The third-order valence-electron chi connectivity index (χ3n) is 2.41. The zero-order chi connectivity index (χ0) is 13.5. The van der Waals surface area contributed by atoms with Crippen LogP contribution in [0.3, 0.4) is 0 Å². The second-order valence-electron chi connectivity index (χ2n) is 3.72. The average Bonchev–Trinajstić information content (AvgIpc) is 2.34. The molecule has 0 radical (unpaired) electrons. The van der Waals surface area contributed by atoms with E-state index in [1.54, 1.807) is 25.1 Å². The van der Waals surface area contributed by atoms with Crippen molar-refractivity contribution in [3.63, 3.8) is 0 Å². The molecule has 0 fully saturated rings. The number of carboxylic acid groups (broad SMARTS) is 1. The van der Waals surface area contributed by atoms with Crippen molar-refractivity contribution in [2.45, 2.75) is 25.9 Å². The van der Waals surface area contributed by atoms with Crippen LogP contribution < -0.4 is 10.6 Å². The van der Waals surface area contributed by atoms with E-state index in [1.165, 1.54) is 6.07 Å². The summed E-state index contributed by atoms with van der Waals surface area (Å²) >= 11 is 0. The van der Waals surface area contributed by atoms with Gasteiger partial charge in [0.1, 0.15) is 11.9 Å². The Kier molecular flexibility index (Phi) is 5.10. The lowest BCUT2D eigenvalue weighted by Crippen LogP contribution is -2.45. The van der Waals surface area contributed by atoms with Gasteiger partial charge >= 0.3 is 12.0 Å². The molecule has 1 aromatic carbocycles. The van der Waals surface area contributed by atoms with Gasteiger partial charge in [-0.3, -0.25) is 0 Å². The van der Waals surface area contributed by atoms with Gasteiger partial charge in [0.2, 0.25) is 0 Å². The molecular weight excluding hydrogens is 239 g/mol. The van der Waals surface area contributed by atoms with Crippen molar-refractivity contribution in [1.82, 2.24) is 10.6 Å². The molecular formula is C12H15FN2O3. The molecule has 2 amide bonds. The van der Waals surface area contributed by atoms with Crippen molar-refractivity contribution in [2.24, 2.45) is 0 Å². The maximum Gasteiger partial charge on any atom is 0.326 e. The molecule has 0 heterocycles. The Hall–Kier alpha value is -2.11. The summed E-state index contributed by atoms with van der Waals surface area (Å²) in [6, 6.07) is 4.48. The topological polar surface area (TPSA) is 78.4 Å². The number of nitrogens with one attached hydrogen (secondary N) is 2. The Balaban J connectivity index is 2.47. The van der Waals surface area contributed by atoms with E-state index in [1.807, 2.05) is 0 Å². The lowest BCUT2D eigenvalue weighted by atomic mass is 10.2. The summed E-state index contributed by atoms with van der Waals surface area (Å²) in [7, 11) is 0. The summed E-state index contributed by atoms with van der Waals surface area (Å²) in [5, 5.41) is 13.4. The predicted octanol–water partition coefficient (Wildman–Crippen LogP) is 1.49. The SMILES string of the molecule is CC[C@@H](NC(=O)NCc1ccccc1F)C(=O)O. The number of hydrogen-bond acceptors (Lipinski definition) is 2. The molecule has 5 nitrogen and oxygen atoms in total. The van der Waals surface area contributed by atoms with Gasteiger partial charge in [0.15, 0.2) is 0 Å². The van der Waals surface area contributed by atoms with Gasteiger partial charge in [-0.05, 0) is 12.5 Å². The zero-order valence-corrected chi connectivity index (χ0v) is 9.94. The molecule has 3 N–H and O–H groups in total. The van der Waals surface area contributed by atoms with Crippen molar-refractivity contribution in [3.05, 3.63) is 35.6 Å². The second-order valence-corrected chi connectivity index (χ2v) is 3.72. The monoisotopic (exact) mass is 254 g/mol. The van der Waals surface area contributed by atoms with Gasteiger partial charge in [-0.25, -0.2) is 14.0 Å². The fraction of sp³-hybridized carbons (Fsp3) is 0.333. The van der Waals surface area contributed by atoms with Crippen LogP contribution in [0.1, 0.15) is 18.9 Å². The fourth-order valence-corrected chi connectivity index (χ4v) is 1.36. The standard InChI is InChI=1S/C12H15FN2O3/c1-2-10(11(16)17)15-12(18)14-7-8-5-3-4-6-9(8)13/h3-6,10H,2,7H2,1H3,(H,16,17)(H2,14,15,18)/t10-/m1/s1. The molecule has 1 aromatic rings. The molecule has 0 saturated heterocycles. The van der Waals surface area contributed by atoms with E-state index in [0.29, 0.717) is 5.56 Å². The van der Waals surface area contributed by atoms with E-state index < -0.39 is 23.9 Å². The lowest BCUT2D eigenvalue weighted by molar-refractivity contribution is -0.139. The van der Waals surface area contributed by atoms with Crippen LogP contribution >= 0.6 is 0 Å². The highest BCUT2D eigenvalue weighted by molar-refractivity contribution is 5.82. The third-order valence-corrected chi connectivity index (χ3v) is 2.41. The van der Waals surface area contributed by atoms with Gasteiger partial charge in [-0.15, -0.1) is 0 Å². The highest BCUT2D eigenvalue weighted by Gasteiger charge is 2.17. The Bertz CT molecular complexity index is 437. The summed E-state index contributed by atoms with van der Waals surface area (Å²) in [6.45, 7) is 1.66. The summed E-state index contributed by atoms with van der Waals surface area (Å²) in [5.41, 5.74) is 0.344. The Morgan fingerprint density at radius 2 is 2.06 bits per heavy atom. The normalized spacial score (nSPS) is 11.7. The van der Waals surface area contributed by atoms with E-state index in [9.17, 15) is 14.0 Å². The Labute approximate surface area is 104 Å². The number of aliphatic carboxylic acids is 1. The predicted molar refractivity (Wildman–Crippen MR) is 63.5 cm³/mol. The number of rotatable bonds is 5. The quantitative estimate of drug-likeness (QED) is 0.744. The number of carbonyl (C=O) groups is 2. The van der Waals surface area contributed by atoms with Crippen LogP contribution in [-0.2, 0) is 11.3 Å². The smallest absolute Gasteiger partial charge is 0.326 e. The summed E-state index contributed by atoms with van der Waals surface area (Å²) in [6.07, 6.45) is 0.280. The minimum absolute atomic E-state index is 0.00849. The average molecular weight is 254 g/mol. The molecule has 0 unspecified atom stereocenters. The van der Waals surface area contributed by atoms with E-state index >= 15 is 0 Å². The molecule has 0 aliphatic carbocycles. The number of benzene rings is 1. The molecule has 6 heteroatoms. The number of amides is 2. The van der Waals surface area contributed by atoms with Crippen molar-refractivity contribution in [2.75, 3.05) is 0 Å². The van der Waals surface area contributed by atoms with Crippen molar-refractivity contribution >= 4 is 12.0 Å². The second kappa shape index (κ2) is 6.58. The molecule has 0 bridgehead atoms. The third kappa shape index (κ3) is 4.04. The van der Waals surface area contributed by atoms with Gasteiger partial charge in [0.25, 0.3) is 0 Å². The van der Waals surface area contributed by atoms with E-state index in [-0.39, 0.29) is 13.0 Å². The van der Waals surface area contributed by atoms with Crippen LogP contribution in [0.5, 0.6) is 0 Å². The first-order valence-electron chi connectivity index (χ1n) is 5.55. The molecule has 0 aromatic heterocycles. The molecule has 0 saturated carbocycles. The van der Waals surface area contributed by atoms with Crippen molar-refractivity contribution in [1.29, 1.82) is 0 Å². The lowest BCUT2D eigenvalue weighted by Gasteiger charge is -2.13. The molecule has 0 aliphatic rings. The molecule has 0 spiro atoms. The summed E-state index contributed by atoms with van der Waals surface area (Å²) < 4.78 is 13.2. The van der Waals surface area contributed by atoms with Crippen LogP contribution in [0.25, 0.3) is 0 Å². The first-order chi connectivity index (χ1) is 8.54. The fourth-order valence-electron chi connectivity index (χ4n) is 1.36. The number of carbonyl (C=O) groups excluding carboxylic acids is 1. The Morgan fingerprint density at radius 3 is 2.61 bits per heavy atom. The minimum Gasteiger partial charge on any atom is -0.480 e. The van der Waals surface area contributed by atoms with Crippen LogP contribution in [0.4, 0.5) is 9.18 Å². The molecule has 0 aliphatic heterocycles. The minimum atomic E-state index is -1.10. The highest BCUT2D eigenvalue weighted by Crippen LogP contribution is 2.05. The molecule has 98 valence electrons. The number of halogens is 1. The highest BCUT2D eigenvalue weighted by atomic mass is 19.1. The summed E-state index contributed by atoms with van der Waals surface area (Å²) in [5.74, 6) is -1.51. The Morgan fingerprint density at radius 1 is 1.39 bits per heavy atom. The van der Waals surface area contributed by atoms with E-state index in [2.05, 4.69) is 10.6 Å². The van der Waals surface area contributed by atoms with Crippen LogP contribution in [0.15, 0.2) is 24.3 Å².